The normalized spacial score (nSPS) is 10.8. The van der Waals surface area contributed by atoms with Crippen molar-refractivity contribution < 1.29 is 19.5 Å². The Morgan fingerprint density at radius 2 is 2.05 bits per heavy atom. The van der Waals surface area contributed by atoms with E-state index in [0.29, 0.717) is 9.75 Å². The molecule has 0 saturated heterocycles. The number of nitrogens with one attached hydrogen (secondary N) is 2. The molecule has 2 amide bonds. The van der Waals surface area contributed by atoms with Gasteiger partial charge in [-0.05, 0) is 32.1 Å². The predicted molar refractivity (Wildman–Crippen MR) is 76.6 cm³/mol. The molecule has 108 valence electrons. The van der Waals surface area contributed by atoms with Gasteiger partial charge in [-0.25, -0.2) is 4.79 Å². The first-order valence-corrected chi connectivity index (χ1v) is 6.78. The molecule has 0 aliphatic rings. The third-order valence-corrected chi connectivity index (χ3v) is 3.15. The third kappa shape index (κ3) is 5.66. The largest absolute Gasteiger partial charge is 0.478 e. The number of rotatable bonds is 6. The standard InChI is InChI=1S/C13H16N2O4S/c1-8(2)15-11(16)7-14-13(19)10-5-3-9(20-10)4-6-12(17)18/h3-6,8H,7H2,1-2H3,(H,14,19)(H,15,16)(H,17,18). The number of carbonyl (C=O) groups is 3. The number of hydrogen-bond acceptors (Lipinski definition) is 4. The summed E-state index contributed by atoms with van der Waals surface area (Å²) in [6, 6.07) is 3.25. The molecule has 0 saturated carbocycles. The first-order chi connectivity index (χ1) is 9.38. The fourth-order valence-electron chi connectivity index (χ4n) is 1.34. The van der Waals surface area contributed by atoms with Gasteiger partial charge in [-0.15, -0.1) is 11.3 Å². The van der Waals surface area contributed by atoms with E-state index in [-0.39, 0.29) is 24.4 Å². The van der Waals surface area contributed by atoms with Crippen LogP contribution in [0.4, 0.5) is 0 Å². The van der Waals surface area contributed by atoms with Crippen LogP contribution in [0.2, 0.25) is 0 Å². The fraction of sp³-hybridized carbons (Fsp3) is 0.308. The summed E-state index contributed by atoms with van der Waals surface area (Å²) in [6.07, 6.45) is 2.42. The first kappa shape index (κ1) is 15.9. The molecular formula is C13H16N2O4S. The Morgan fingerprint density at radius 3 is 2.65 bits per heavy atom. The minimum absolute atomic E-state index is 0.0221. The molecule has 0 aromatic carbocycles. The molecule has 7 heteroatoms. The Hall–Kier alpha value is -2.15. The highest BCUT2D eigenvalue weighted by atomic mass is 32.1. The summed E-state index contributed by atoms with van der Waals surface area (Å²) < 4.78 is 0. The zero-order chi connectivity index (χ0) is 15.1. The van der Waals surface area contributed by atoms with Gasteiger partial charge in [0, 0.05) is 17.0 Å². The lowest BCUT2D eigenvalue weighted by Crippen LogP contribution is -2.39. The van der Waals surface area contributed by atoms with E-state index in [1.165, 1.54) is 6.08 Å². The van der Waals surface area contributed by atoms with Crippen LogP contribution >= 0.6 is 11.3 Å². The Bertz CT molecular complexity index is 534. The topological polar surface area (TPSA) is 95.5 Å². The number of amides is 2. The third-order valence-electron chi connectivity index (χ3n) is 2.10. The highest BCUT2D eigenvalue weighted by molar-refractivity contribution is 7.14. The van der Waals surface area contributed by atoms with E-state index in [1.807, 2.05) is 13.8 Å². The van der Waals surface area contributed by atoms with Crippen LogP contribution in [0.15, 0.2) is 18.2 Å². The number of carbonyl (C=O) groups excluding carboxylic acids is 2. The van der Waals surface area contributed by atoms with Crippen molar-refractivity contribution in [1.29, 1.82) is 0 Å². The van der Waals surface area contributed by atoms with Crippen LogP contribution < -0.4 is 10.6 Å². The van der Waals surface area contributed by atoms with E-state index >= 15 is 0 Å². The van der Waals surface area contributed by atoms with Crippen molar-refractivity contribution in [1.82, 2.24) is 10.6 Å². The van der Waals surface area contributed by atoms with E-state index in [0.717, 1.165) is 17.4 Å². The zero-order valence-corrected chi connectivity index (χ0v) is 12.0. The van der Waals surface area contributed by atoms with Gasteiger partial charge in [0.1, 0.15) is 0 Å². The summed E-state index contributed by atoms with van der Waals surface area (Å²) >= 11 is 1.15. The SMILES string of the molecule is CC(C)NC(=O)CNC(=O)c1ccc(C=CC(=O)O)s1. The number of carboxylic acid groups (broad SMARTS) is 1. The van der Waals surface area contributed by atoms with E-state index in [2.05, 4.69) is 10.6 Å². The number of carboxylic acids is 1. The van der Waals surface area contributed by atoms with Crippen molar-refractivity contribution in [2.75, 3.05) is 6.54 Å². The monoisotopic (exact) mass is 296 g/mol. The number of aliphatic carboxylic acids is 1. The molecule has 1 aromatic rings. The Labute approximate surface area is 120 Å². The van der Waals surface area contributed by atoms with Crippen LogP contribution in [0.1, 0.15) is 28.4 Å². The maximum Gasteiger partial charge on any atom is 0.328 e. The Morgan fingerprint density at radius 1 is 1.35 bits per heavy atom. The van der Waals surface area contributed by atoms with Crippen molar-refractivity contribution in [2.45, 2.75) is 19.9 Å². The van der Waals surface area contributed by atoms with Crippen molar-refractivity contribution >= 4 is 35.2 Å². The molecule has 0 aliphatic carbocycles. The molecule has 0 bridgehead atoms. The molecule has 1 rings (SSSR count). The van der Waals surface area contributed by atoms with Crippen LogP contribution in [0.3, 0.4) is 0 Å². The quantitative estimate of drug-likeness (QED) is 0.685. The molecule has 0 atom stereocenters. The second kappa shape index (κ2) is 7.44. The fourth-order valence-corrected chi connectivity index (χ4v) is 2.17. The minimum Gasteiger partial charge on any atom is -0.478 e. The summed E-state index contributed by atoms with van der Waals surface area (Å²) in [6.45, 7) is 3.58. The van der Waals surface area contributed by atoms with Gasteiger partial charge in [-0.1, -0.05) is 0 Å². The van der Waals surface area contributed by atoms with Crippen LogP contribution in [-0.4, -0.2) is 35.5 Å². The van der Waals surface area contributed by atoms with Gasteiger partial charge in [0.05, 0.1) is 11.4 Å². The summed E-state index contributed by atoms with van der Waals surface area (Å²) in [7, 11) is 0. The van der Waals surface area contributed by atoms with Crippen molar-refractivity contribution in [3.8, 4) is 0 Å². The summed E-state index contributed by atoms with van der Waals surface area (Å²) in [5, 5.41) is 13.7. The molecule has 0 radical (unpaired) electrons. The molecule has 0 spiro atoms. The lowest BCUT2D eigenvalue weighted by molar-refractivity contribution is -0.131. The van der Waals surface area contributed by atoms with E-state index in [1.54, 1.807) is 12.1 Å². The minimum atomic E-state index is -1.05. The second-order valence-electron chi connectivity index (χ2n) is 4.28. The molecule has 20 heavy (non-hydrogen) atoms. The van der Waals surface area contributed by atoms with Gasteiger partial charge in [-0.2, -0.15) is 0 Å². The lowest BCUT2D eigenvalue weighted by atomic mass is 10.3. The molecule has 1 aromatic heterocycles. The van der Waals surface area contributed by atoms with Crippen LogP contribution in [0.5, 0.6) is 0 Å². The highest BCUT2D eigenvalue weighted by Crippen LogP contribution is 2.17. The van der Waals surface area contributed by atoms with Crippen LogP contribution in [0.25, 0.3) is 6.08 Å². The van der Waals surface area contributed by atoms with E-state index in [4.69, 9.17) is 5.11 Å². The second-order valence-corrected chi connectivity index (χ2v) is 5.39. The predicted octanol–water partition coefficient (Wildman–Crippen LogP) is 1.10. The van der Waals surface area contributed by atoms with Gasteiger partial charge in [0.25, 0.3) is 5.91 Å². The molecule has 1 heterocycles. The number of hydrogen-bond donors (Lipinski definition) is 3. The van der Waals surface area contributed by atoms with Crippen molar-refractivity contribution in [2.24, 2.45) is 0 Å². The Balaban J connectivity index is 2.52. The zero-order valence-electron chi connectivity index (χ0n) is 11.2. The van der Waals surface area contributed by atoms with Gasteiger partial charge >= 0.3 is 5.97 Å². The molecular weight excluding hydrogens is 280 g/mol. The average molecular weight is 296 g/mol. The number of thiophene rings is 1. The highest BCUT2D eigenvalue weighted by Gasteiger charge is 2.10. The van der Waals surface area contributed by atoms with Gasteiger partial charge in [0.15, 0.2) is 0 Å². The van der Waals surface area contributed by atoms with E-state index in [9.17, 15) is 14.4 Å². The maximum atomic E-state index is 11.8. The molecule has 0 aliphatic heterocycles. The molecule has 3 N–H and O–H groups in total. The van der Waals surface area contributed by atoms with Crippen molar-refractivity contribution in [3.63, 3.8) is 0 Å². The summed E-state index contributed by atoms with van der Waals surface area (Å²) in [5.74, 6) is -1.66. The maximum absolute atomic E-state index is 11.8. The van der Waals surface area contributed by atoms with Gasteiger partial charge in [0.2, 0.25) is 5.91 Å². The molecule has 0 fully saturated rings. The van der Waals surface area contributed by atoms with Crippen LogP contribution in [-0.2, 0) is 9.59 Å². The first-order valence-electron chi connectivity index (χ1n) is 5.97. The summed E-state index contributed by atoms with van der Waals surface area (Å²) in [5.41, 5.74) is 0. The van der Waals surface area contributed by atoms with Crippen LogP contribution in [0, 0.1) is 0 Å². The molecule has 0 unspecified atom stereocenters. The van der Waals surface area contributed by atoms with E-state index < -0.39 is 5.97 Å². The lowest BCUT2D eigenvalue weighted by Gasteiger charge is -2.08. The summed E-state index contributed by atoms with van der Waals surface area (Å²) in [4.78, 5) is 34.6. The van der Waals surface area contributed by atoms with Crippen molar-refractivity contribution in [3.05, 3.63) is 28.0 Å². The van der Waals surface area contributed by atoms with Gasteiger partial charge < -0.3 is 15.7 Å². The molecule has 6 nitrogen and oxygen atoms in total. The Kier molecular flexibility index (Phi) is 5.92. The van der Waals surface area contributed by atoms with Gasteiger partial charge in [-0.3, -0.25) is 9.59 Å². The smallest absolute Gasteiger partial charge is 0.328 e. The average Bonchev–Trinajstić information content (AvgIpc) is 2.81.